The Morgan fingerprint density at radius 2 is 1.92 bits per heavy atom. The topological polar surface area (TPSA) is 153 Å². The van der Waals surface area contributed by atoms with Crippen molar-refractivity contribution in [3.8, 4) is 5.82 Å². The number of hydrazone groups is 1. The highest BCUT2D eigenvalue weighted by Gasteiger charge is 2.27. The molecule has 12 heteroatoms. The van der Waals surface area contributed by atoms with Crippen LogP contribution in [0.25, 0.3) is 5.82 Å². The van der Waals surface area contributed by atoms with Gasteiger partial charge in [0.25, 0.3) is 5.91 Å². The lowest BCUT2D eigenvalue weighted by atomic mass is 9.90. The van der Waals surface area contributed by atoms with Crippen molar-refractivity contribution < 1.29 is 9.42 Å². The van der Waals surface area contributed by atoms with E-state index < -0.39 is 5.91 Å². The summed E-state index contributed by atoms with van der Waals surface area (Å²) in [4.78, 5) is 19.2. The van der Waals surface area contributed by atoms with Crippen LogP contribution in [-0.2, 0) is 13.0 Å². The number of nitrogens with one attached hydrogen (secondary N) is 1. The van der Waals surface area contributed by atoms with Crippen LogP contribution in [0, 0.1) is 5.92 Å². The summed E-state index contributed by atoms with van der Waals surface area (Å²) in [6, 6.07) is 14.1. The number of anilines is 1. The van der Waals surface area contributed by atoms with Crippen molar-refractivity contribution in [2.24, 2.45) is 11.0 Å². The normalized spacial score (nSPS) is 14.9. The number of nitrogens with two attached hydrogens (primary N) is 1. The van der Waals surface area contributed by atoms with E-state index in [9.17, 15) is 4.79 Å². The average molecular weight is 487 g/mol. The van der Waals surface area contributed by atoms with Gasteiger partial charge in [-0.1, -0.05) is 35.5 Å². The summed E-state index contributed by atoms with van der Waals surface area (Å²) in [5.74, 6) is 0.379. The summed E-state index contributed by atoms with van der Waals surface area (Å²) >= 11 is 0. The molecule has 12 nitrogen and oxygen atoms in total. The third-order valence-corrected chi connectivity index (χ3v) is 6.21. The number of nitrogens with zero attached hydrogens (tertiary/aromatic N) is 8. The lowest BCUT2D eigenvalue weighted by molar-refractivity contribution is 0.0946. The minimum Gasteiger partial charge on any atom is -0.378 e. The number of amides is 1. The molecule has 3 aromatic heterocycles. The van der Waals surface area contributed by atoms with Crippen LogP contribution in [0.1, 0.15) is 40.2 Å². The Morgan fingerprint density at radius 3 is 2.64 bits per heavy atom. The molecule has 1 aromatic carbocycles. The Kier molecular flexibility index (Phi) is 7.03. The van der Waals surface area contributed by atoms with Crippen molar-refractivity contribution in [3.63, 3.8) is 0 Å². The van der Waals surface area contributed by atoms with Gasteiger partial charge in [0.15, 0.2) is 5.69 Å². The fourth-order valence-electron chi connectivity index (χ4n) is 4.30. The van der Waals surface area contributed by atoms with Gasteiger partial charge in [0.2, 0.25) is 11.6 Å². The largest absolute Gasteiger partial charge is 0.378 e. The first kappa shape index (κ1) is 23.3. The molecule has 0 radical (unpaired) electrons. The molecule has 0 atom stereocenters. The zero-order valence-corrected chi connectivity index (χ0v) is 19.6. The lowest BCUT2D eigenvalue weighted by Crippen LogP contribution is -2.35. The van der Waals surface area contributed by atoms with Gasteiger partial charge in [0.05, 0.1) is 11.9 Å². The number of hydrogen-bond donors (Lipinski definition) is 2. The highest BCUT2D eigenvalue weighted by atomic mass is 16.6. The number of rotatable bonds is 8. The Balaban J connectivity index is 1.29. The van der Waals surface area contributed by atoms with E-state index >= 15 is 0 Å². The molecule has 3 N–H and O–H groups in total. The quantitative estimate of drug-likeness (QED) is 0.280. The monoisotopic (exact) mass is 486 g/mol. The van der Waals surface area contributed by atoms with E-state index in [1.807, 2.05) is 6.07 Å². The minimum absolute atomic E-state index is 0.0605. The van der Waals surface area contributed by atoms with Crippen LogP contribution in [0.3, 0.4) is 0 Å². The Labute approximate surface area is 207 Å². The Hall–Kier alpha value is -4.45. The first-order chi connectivity index (χ1) is 17.7. The molecule has 4 heterocycles. The molecule has 0 bridgehead atoms. The number of nitrogen functional groups attached to an aromatic ring is 1. The highest BCUT2D eigenvalue weighted by Crippen LogP contribution is 2.24. The molecule has 1 aliphatic heterocycles. The van der Waals surface area contributed by atoms with Gasteiger partial charge in [-0.15, -0.1) is 5.10 Å². The zero-order valence-electron chi connectivity index (χ0n) is 19.6. The van der Waals surface area contributed by atoms with E-state index in [1.54, 1.807) is 24.5 Å². The van der Waals surface area contributed by atoms with E-state index in [1.165, 1.54) is 16.5 Å². The number of piperidine rings is 1. The van der Waals surface area contributed by atoms with Crippen LogP contribution in [0.15, 0.2) is 64.6 Å². The van der Waals surface area contributed by atoms with Gasteiger partial charge in [-0.3, -0.25) is 14.7 Å². The minimum atomic E-state index is -0.490. The van der Waals surface area contributed by atoms with Gasteiger partial charge >= 0.3 is 0 Å². The third kappa shape index (κ3) is 5.44. The Morgan fingerprint density at radius 1 is 1.14 bits per heavy atom. The number of pyridine rings is 1. The highest BCUT2D eigenvalue weighted by molar-refractivity contribution is 5.94. The van der Waals surface area contributed by atoms with Gasteiger partial charge < -0.3 is 5.73 Å². The summed E-state index contributed by atoms with van der Waals surface area (Å²) < 4.78 is 6.15. The Bertz CT molecular complexity index is 1310. The second-order valence-electron chi connectivity index (χ2n) is 8.66. The summed E-state index contributed by atoms with van der Waals surface area (Å²) in [6.45, 7) is 2.21. The van der Waals surface area contributed by atoms with Crippen LogP contribution in [0.4, 0.5) is 5.82 Å². The van der Waals surface area contributed by atoms with Crippen LogP contribution in [-0.4, -0.2) is 60.4 Å². The van der Waals surface area contributed by atoms with E-state index in [2.05, 4.69) is 65.3 Å². The molecule has 1 fully saturated rings. The standard InChI is InChI=1S/C24H26N10O2/c25-22-23(31-36-30-22)34-20(16-33-12-8-18(9-13-33)14-17-4-2-1-3-5-17)21(28-32-34)24(35)29-27-15-19-6-10-26-11-7-19/h1-7,10-11,15,18H,8-9,12-14,16H2,(H2,25,30)(H,29,35)/b27-15-. The average Bonchev–Trinajstić information content (AvgIpc) is 3.52. The number of carbonyl (C=O) groups is 1. The molecule has 1 aliphatic rings. The molecule has 4 aromatic rings. The van der Waals surface area contributed by atoms with E-state index in [0.717, 1.165) is 37.9 Å². The predicted molar refractivity (Wildman–Crippen MR) is 131 cm³/mol. The van der Waals surface area contributed by atoms with Crippen molar-refractivity contribution in [1.82, 2.24) is 40.6 Å². The number of carbonyl (C=O) groups excluding carboxylic acids is 1. The summed E-state index contributed by atoms with van der Waals surface area (Å²) in [5.41, 5.74) is 11.2. The smallest absolute Gasteiger partial charge is 0.293 e. The van der Waals surface area contributed by atoms with E-state index in [0.29, 0.717) is 18.2 Å². The van der Waals surface area contributed by atoms with Gasteiger partial charge in [0.1, 0.15) is 0 Å². The van der Waals surface area contributed by atoms with Crippen molar-refractivity contribution in [1.29, 1.82) is 0 Å². The summed E-state index contributed by atoms with van der Waals surface area (Å²) in [6.07, 6.45) is 8.00. The third-order valence-electron chi connectivity index (χ3n) is 6.21. The number of likely N-dealkylation sites (tertiary alicyclic amines) is 1. The van der Waals surface area contributed by atoms with Crippen LogP contribution >= 0.6 is 0 Å². The first-order valence-corrected chi connectivity index (χ1v) is 11.7. The molecule has 5 rings (SSSR count). The maximum absolute atomic E-state index is 13.0. The van der Waals surface area contributed by atoms with Gasteiger partial charge in [-0.2, -0.15) is 9.78 Å². The second kappa shape index (κ2) is 10.9. The van der Waals surface area contributed by atoms with Crippen molar-refractivity contribution in [2.75, 3.05) is 18.8 Å². The van der Waals surface area contributed by atoms with E-state index in [-0.39, 0.29) is 17.3 Å². The zero-order chi connectivity index (χ0) is 24.7. The second-order valence-corrected chi connectivity index (χ2v) is 8.66. The predicted octanol–water partition coefficient (Wildman–Crippen LogP) is 1.85. The fourth-order valence-corrected chi connectivity index (χ4v) is 4.30. The fraction of sp³-hybridized carbons (Fsp3) is 0.292. The molecule has 0 spiro atoms. The van der Waals surface area contributed by atoms with E-state index in [4.69, 9.17) is 10.4 Å². The molecule has 1 saturated heterocycles. The van der Waals surface area contributed by atoms with Crippen molar-refractivity contribution in [3.05, 3.63) is 77.4 Å². The van der Waals surface area contributed by atoms with Crippen LogP contribution < -0.4 is 11.2 Å². The van der Waals surface area contributed by atoms with Gasteiger partial charge in [-0.05, 0) is 71.8 Å². The maximum atomic E-state index is 13.0. The maximum Gasteiger partial charge on any atom is 0.293 e. The number of benzene rings is 1. The molecule has 0 saturated carbocycles. The molecule has 0 unspecified atom stereocenters. The first-order valence-electron chi connectivity index (χ1n) is 11.7. The molecule has 1 amide bonds. The van der Waals surface area contributed by atoms with Crippen molar-refractivity contribution >= 4 is 17.9 Å². The molecule has 184 valence electrons. The van der Waals surface area contributed by atoms with Gasteiger partial charge in [-0.25, -0.2) is 10.1 Å². The van der Waals surface area contributed by atoms with Gasteiger partial charge in [0, 0.05) is 18.9 Å². The van der Waals surface area contributed by atoms with Crippen molar-refractivity contribution in [2.45, 2.75) is 25.8 Å². The molecule has 36 heavy (non-hydrogen) atoms. The van der Waals surface area contributed by atoms with Crippen LogP contribution in [0.5, 0.6) is 0 Å². The van der Waals surface area contributed by atoms with Crippen LogP contribution in [0.2, 0.25) is 0 Å². The SMILES string of the molecule is Nc1nonc1-n1nnc(C(=O)N/N=C\c2ccncc2)c1CN1CCC(Cc2ccccc2)CC1. The molecular formula is C24H26N10O2. The number of hydrogen-bond acceptors (Lipinski definition) is 10. The lowest BCUT2D eigenvalue weighted by Gasteiger charge is -2.32. The summed E-state index contributed by atoms with van der Waals surface area (Å²) in [5, 5.41) is 19.7. The summed E-state index contributed by atoms with van der Waals surface area (Å²) in [7, 11) is 0. The number of aromatic nitrogens is 6. The molecular weight excluding hydrogens is 460 g/mol. The molecule has 0 aliphatic carbocycles.